The predicted octanol–water partition coefficient (Wildman–Crippen LogP) is 1.22. The highest BCUT2D eigenvalue weighted by Gasteiger charge is 2.28. The molecule has 3 heteroatoms. The Balaban J connectivity index is 1.86. The molecule has 88 valence electrons. The first-order valence-electron chi connectivity index (χ1n) is 6.35. The molecule has 2 saturated heterocycles. The molecule has 3 unspecified atom stereocenters. The van der Waals surface area contributed by atoms with Crippen molar-refractivity contribution in [2.45, 2.75) is 44.7 Å². The third-order valence-corrected chi connectivity index (χ3v) is 3.99. The maximum atomic E-state index is 6.14. The minimum Gasteiger partial charge on any atom is -0.381 e. The fourth-order valence-corrected chi connectivity index (χ4v) is 2.71. The largest absolute Gasteiger partial charge is 0.381 e. The lowest BCUT2D eigenvalue weighted by Crippen LogP contribution is -2.51. The molecule has 2 aliphatic rings. The smallest absolute Gasteiger partial charge is 0.0480 e. The van der Waals surface area contributed by atoms with Crippen LogP contribution in [0.3, 0.4) is 0 Å². The average molecular weight is 212 g/mol. The zero-order chi connectivity index (χ0) is 10.7. The van der Waals surface area contributed by atoms with Gasteiger partial charge in [0.05, 0.1) is 0 Å². The van der Waals surface area contributed by atoms with Gasteiger partial charge in [0.2, 0.25) is 0 Å². The highest BCUT2D eigenvalue weighted by atomic mass is 16.5. The fraction of sp³-hybridized carbons (Fsp3) is 1.00. The molecule has 2 aliphatic heterocycles. The molecule has 0 aromatic heterocycles. The van der Waals surface area contributed by atoms with Crippen molar-refractivity contribution in [1.29, 1.82) is 0 Å². The van der Waals surface area contributed by atoms with Gasteiger partial charge in [-0.1, -0.05) is 6.92 Å². The topological polar surface area (TPSA) is 38.5 Å². The van der Waals surface area contributed by atoms with Gasteiger partial charge in [0.1, 0.15) is 0 Å². The van der Waals surface area contributed by atoms with E-state index in [4.69, 9.17) is 10.5 Å². The highest BCUT2D eigenvalue weighted by Crippen LogP contribution is 2.22. The summed E-state index contributed by atoms with van der Waals surface area (Å²) in [7, 11) is 0. The molecular formula is C12H24N2O. The van der Waals surface area contributed by atoms with Gasteiger partial charge in [-0.05, 0) is 38.1 Å². The third-order valence-electron chi connectivity index (χ3n) is 3.99. The Morgan fingerprint density at radius 2 is 2.07 bits per heavy atom. The first-order valence-corrected chi connectivity index (χ1v) is 6.35. The molecule has 0 aromatic carbocycles. The Hall–Kier alpha value is -0.120. The maximum absolute atomic E-state index is 6.14. The van der Waals surface area contributed by atoms with E-state index in [1.54, 1.807) is 0 Å². The van der Waals surface area contributed by atoms with Gasteiger partial charge in [-0.15, -0.1) is 0 Å². The number of rotatable bonds is 1. The summed E-state index contributed by atoms with van der Waals surface area (Å²) in [4.78, 5) is 2.60. The first-order chi connectivity index (χ1) is 7.27. The molecule has 0 bridgehead atoms. The molecule has 2 fully saturated rings. The molecule has 0 amide bonds. The third kappa shape index (κ3) is 2.92. The molecule has 2 heterocycles. The van der Waals surface area contributed by atoms with Crippen LogP contribution in [0.1, 0.15) is 32.6 Å². The van der Waals surface area contributed by atoms with E-state index in [0.717, 1.165) is 25.8 Å². The second kappa shape index (κ2) is 5.28. The molecule has 2 rings (SSSR count). The molecule has 15 heavy (non-hydrogen) atoms. The van der Waals surface area contributed by atoms with Crippen molar-refractivity contribution in [1.82, 2.24) is 4.90 Å². The molecule has 2 N–H and O–H groups in total. The molecule has 0 aliphatic carbocycles. The van der Waals surface area contributed by atoms with Crippen molar-refractivity contribution in [2.75, 3.05) is 26.3 Å². The molecule has 0 spiro atoms. The molecule has 0 radical (unpaired) electrons. The molecule has 0 aromatic rings. The van der Waals surface area contributed by atoms with Crippen LogP contribution in [0.15, 0.2) is 0 Å². The van der Waals surface area contributed by atoms with Gasteiger partial charge in [-0.25, -0.2) is 0 Å². The van der Waals surface area contributed by atoms with Crippen molar-refractivity contribution in [3.05, 3.63) is 0 Å². The molecular weight excluding hydrogens is 188 g/mol. The zero-order valence-electron chi connectivity index (χ0n) is 9.82. The Bertz CT molecular complexity index is 190. The summed E-state index contributed by atoms with van der Waals surface area (Å²) in [6.07, 6.45) is 4.96. The van der Waals surface area contributed by atoms with Crippen LogP contribution in [0.2, 0.25) is 0 Å². The van der Waals surface area contributed by atoms with Crippen LogP contribution in [0.4, 0.5) is 0 Å². The minimum absolute atomic E-state index is 0.378. The second-order valence-corrected chi connectivity index (χ2v) is 5.12. The van der Waals surface area contributed by atoms with E-state index in [0.29, 0.717) is 12.0 Å². The van der Waals surface area contributed by atoms with Gasteiger partial charge in [0, 0.05) is 31.8 Å². The monoisotopic (exact) mass is 212 g/mol. The predicted molar refractivity (Wildman–Crippen MR) is 61.8 cm³/mol. The Morgan fingerprint density at radius 1 is 1.20 bits per heavy atom. The number of nitrogens with zero attached hydrogens (tertiary/aromatic N) is 1. The van der Waals surface area contributed by atoms with E-state index >= 15 is 0 Å². The summed E-state index contributed by atoms with van der Waals surface area (Å²) in [6, 6.07) is 1.11. The van der Waals surface area contributed by atoms with Crippen molar-refractivity contribution >= 4 is 0 Å². The van der Waals surface area contributed by atoms with Crippen LogP contribution in [0.25, 0.3) is 0 Å². The second-order valence-electron chi connectivity index (χ2n) is 5.12. The fourth-order valence-electron chi connectivity index (χ4n) is 2.71. The van der Waals surface area contributed by atoms with E-state index in [1.165, 1.54) is 32.2 Å². The number of piperidine rings is 1. The first kappa shape index (κ1) is 11.4. The number of likely N-dealkylation sites (tertiary alicyclic amines) is 1. The molecule has 3 atom stereocenters. The Morgan fingerprint density at radius 3 is 2.87 bits per heavy atom. The van der Waals surface area contributed by atoms with Gasteiger partial charge in [0.25, 0.3) is 0 Å². The normalized spacial score (nSPS) is 40.0. The van der Waals surface area contributed by atoms with Crippen LogP contribution < -0.4 is 5.73 Å². The van der Waals surface area contributed by atoms with Crippen molar-refractivity contribution in [2.24, 2.45) is 11.7 Å². The maximum Gasteiger partial charge on any atom is 0.0480 e. The summed E-state index contributed by atoms with van der Waals surface area (Å²) in [5, 5.41) is 0. The summed E-state index contributed by atoms with van der Waals surface area (Å²) >= 11 is 0. The van der Waals surface area contributed by atoms with Gasteiger partial charge >= 0.3 is 0 Å². The summed E-state index contributed by atoms with van der Waals surface area (Å²) in [5.41, 5.74) is 6.14. The lowest BCUT2D eigenvalue weighted by Gasteiger charge is -2.39. The lowest BCUT2D eigenvalue weighted by atomic mass is 9.92. The quantitative estimate of drug-likeness (QED) is 0.710. The SMILES string of the molecule is CC1CCN(C2CCCOCC2)CC1N. The standard InChI is InChI=1S/C12H24N2O/c1-10-4-6-14(9-12(10)13)11-3-2-7-15-8-5-11/h10-12H,2-9,13H2,1H3. The summed E-state index contributed by atoms with van der Waals surface area (Å²) in [5.74, 6) is 0.697. The van der Waals surface area contributed by atoms with E-state index in [-0.39, 0.29) is 0 Å². The van der Waals surface area contributed by atoms with Crippen LogP contribution in [0.5, 0.6) is 0 Å². The minimum atomic E-state index is 0.378. The van der Waals surface area contributed by atoms with Crippen molar-refractivity contribution in [3.63, 3.8) is 0 Å². The van der Waals surface area contributed by atoms with Gasteiger partial charge < -0.3 is 10.5 Å². The summed E-state index contributed by atoms with van der Waals surface area (Å²) in [6.45, 7) is 6.49. The van der Waals surface area contributed by atoms with E-state index in [9.17, 15) is 0 Å². The number of hydrogen-bond acceptors (Lipinski definition) is 3. The highest BCUT2D eigenvalue weighted by molar-refractivity contribution is 4.85. The number of ether oxygens (including phenoxy) is 1. The average Bonchev–Trinajstić information content (AvgIpc) is 2.50. The van der Waals surface area contributed by atoms with Gasteiger partial charge in [0.15, 0.2) is 0 Å². The van der Waals surface area contributed by atoms with E-state index < -0.39 is 0 Å². The molecule has 3 nitrogen and oxygen atoms in total. The molecule has 0 saturated carbocycles. The Kier molecular flexibility index (Phi) is 4.00. The van der Waals surface area contributed by atoms with Gasteiger partial charge in [-0.3, -0.25) is 4.90 Å². The van der Waals surface area contributed by atoms with Crippen LogP contribution in [-0.2, 0) is 4.74 Å². The number of nitrogens with two attached hydrogens (primary N) is 1. The van der Waals surface area contributed by atoms with Crippen LogP contribution >= 0.6 is 0 Å². The van der Waals surface area contributed by atoms with E-state index in [2.05, 4.69) is 11.8 Å². The Labute approximate surface area is 93.0 Å². The van der Waals surface area contributed by atoms with Crippen molar-refractivity contribution in [3.8, 4) is 0 Å². The van der Waals surface area contributed by atoms with E-state index in [1.807, 2.05) is 0 Å². The van der Waals surface area contributed by atoms with Crippen molar-refractivity contribution < 1.29 is 4.74 Å². The van der Waals surface area contributed by atoms with Crippen LogP contribution in [0, 0.1) is 5.92 Å². The van der Waals surface area contributed by atoms with Gasteiger partial charge in [-0.2, -0.15) is 0 Å². The zero-order valence-corrected chi connectivity index (χ0v) is 9.82. The summed E-state index contributed by atoms with van der Waals surface area (Å²) < 4.78 is 5.51. The lowest BCUT2D eigenvalue weighted by molar-refractivity contribution is 0.0986. The van der Waals surface area contributed by atoms with Crippen LogP contribution in [-0.4, -0.2) is 43.3 Å². The number of hydrogen-bond donors (Lipinski definition) is 1.